The molecule has 2 aromatic rings. The first-order valence-corrected chi connectivity index (χ1v) is 8.20. The van der Waals surface area contributed by atoms with Gasteiger partial charge in [-0.3, -0.25) is 0 Å². The molecule has 9 heteroatoms. The molecule has 0 spiro atoms. The second-order valence-electron chi connectivity index (χ2n) is 5.76. The molecule has 0 radical (unpaired) electrons. The maximum Gasteiger partial charge on any atom is 0.417 e. The summed E-state index contributed by atoms with van der Waals surface area (Å²) in [7, 11) is 0. The molecule has 4 nitrogen and oxygen atoms in total. The van der Waals surface area contributed by atoms with Crippen molar-refractivity contribution in [2.45, 2.75) is 39.1 Å². The summed E-state index contributed by atoms with van der Waals surface area (Å²) in [6.45, 7) is 5.16. The lowest BCUT2D eigenvalue weighted by molar-refractivity contribution is -0.136. The number of thiazole rings is 1. The van der Waals surface area contributed by atoms with E-state index in [0.717, 1.165) is 17.4 Å². The van der Waals surface area contributed by atoms with E-state index in [1.807, 2.05) is 0 Å². The molecule has 0 fully saturated rings. The lowest BCUT2D eigenvalue weighted by Crippen LogP contribution is -2.32. The number of carbonyl (C=O) groups is 1. The number of hydrogen-bond acceptors (Lipinski definition) is 4. The molecule has 0 bridgehead atoms. The van der Waals surface area contributed by atoms with Crippen LogP contribution in [0.4, 0.5) is 18.0 Å². The minimum Gasteiger partial charge on any atom is -0.444 e. The number of amides is 1. The number of halogens is 4. The molecule has 126 valence electrons. The Labute approximate surface area is 143 Å². The van der Waals surface area contributed by atoms with Crippen molar-refractivity contribution in [2.24, 2.45) is 0 Å². The third-order valence-electron chi connectivity index (χ3n) is 2.59. The summed E-state index contributed by atoms with van der Waals surface area (Å²) in [5.41, 5.74) is -1.16. The van der Waals surface area contributed by atoms with E-state index in [-0.39, 0.29) is 16.8 Å². The number of hydrogen-bond donors (Lipinski definition) is 1. The molecule has 1 aromatic heterocycles. The van der Waals surface area contributed by atoms with Gasteiger partial charge < -0.3 is 10.1 Å². The number of alkyl carbamates (subject to hydrolysis) is 1. The van der Waals surface area contributed by atoms with Gasteiger partial charge in [0.1, 0.15) is 10.6 Å². The second kappa shape index (κ2) is 6.27. The Balaban J connectivity index is 2.22. The summed E-state index contributed by atoms with van der Waals surface area (Å²) in [6.07, 6.45) is -5.11. The van der Waals surface area contributed by atoms with Crippen LogP contribution in [0.15, 0.2) is 16.6 Å². The number of ether oxygens (including phenoxy) is 1. The zero-order chi connectivity index (χ0) is 17.4. The van der Waals surface area contributed by atoms with Crippen molar-refractivity contribution in [1.82, 2.24) is 10.3 Å². The van der Waals surface area contributed by atoms with E-state index >= 15 is 0 Å². The highest BCUT2D eigenvalue weighted by Gasteiger charge is 2.34. The minimum absolute atomic E-state index is 0.00315. The first-order valence-electron chi connectivity index (χ1n) is 6.59. The normalized spacial score (nSPS) is 12.5. The Morgan fingerprint density at radius 1 is 1.35 bits per heavy atom. The van der Waals surface area contributed by atoms with Crippen LogP contribution in [0.5, 0.6) is 0 Å². The molecule has 0 unspecified atom stereocenters. The van der Waals surface area contributed by atoms with Crippen molar-refractivity contribution in [2.75, 3.05) is 0 Å². The van der Waals surface area contributed by atoms with E-state index in [0.29, 0.717) is 9.48 Å². The van der Waals surface area contributed by atoms with E-state index in [2.05, 4.69) is 26.2 Å². The van der Waals surface area contributed by atoms with E-state index in [4.69, 9.17) is 4.74 Å². The number of nitrogens with zero attached hydrogens (tertiary/aromatic N) is 1. The maximum absolute atomic E-state index is 13.1. The Bertz CT molecular complexity index is 738. The van der Waals surface area contributed by atoms with Gasteiger partial charge in [-0.2, -0.15) is 13.2 Å². The largest absolute Gasteiger partial charge is 0.444 e. The number of alkyl halides is 3. The van der Waals surface area contributed by atoms with Crippen molar-refractivity contribution in [3.63, 3.8) is 0 Å². The molecule has 0 aliphatic heterocycles. The van der Waals surface area contributed by atoms with Crippen LogP contribution in [0.3, 0.4) is 0 Å². The molecule has 0 saturated heterocycles. The Hall–Kier alpha value is -1.35. The van der Waals surface area contributed by atoms with Crippen molar-refractivity contribution in [3.05, 3.63) is 27.2 Å². The van der Waals surface area contributed by atoms with Crippen molar-refractivity contribution in [1.29, 1.82) is 0 Å². The van der Waals surface area contributed by atoms with Gasteiger partial charge in [0.05, 0.1) is 22.3 Å². The summed E-state index contributed by atoms with van der Waals surface area (Å²) in [5.74, 6) is 0. The van der Waals surface area contributed by atoms with E-state index < -0.39 is 23.4 Å². The van der Waals surface area contributed by atoms with Gasteiger partial charge in [0.15, 0.2) is 0 Å². The SMILES string of the molecule is CC(C)(C)OC(=O)NCc1nc2cc(Br)cc(C(F)(F)F)c2s1. The van der Waals surface area contributed by atoms with Crippen molar-refractivity contribution >= 4 is 43.6 Å². The lowest BCUT2D eigenvalue weighted by Gasteiger charge is -2.19. The number of rotatable bonds is 2. The molecule has 1 heterocycles. The highest BCUT2D eigenvalue weighted by molar-refractivity contribution is 9.10. The summed E-state index contributed by atoms with van der Waals surface area (Å²) in [5, 5.41) is 2.85. The number of nitrogens with one attached hydrogen (secondary N) is 1. The van der Waals surface area contributed by atoms with E-state index in [1.165, 1.54) is 6.07 Å². The predicted octanol–water partition coefficient (Wildman–Crippen LogP) is 5.10. The van der Waals surface area contributed by atoms with Gasteiger partial charge in [0.2, 0.25) is 0 Å². The van der Waals surface area contributed by atoms with Crippen LogP contribution in [-0.2, 0) is 17.5 Å². The quantitative estimate of drug-likeness (QED) is 0.748. The maximum atomic E-state index is 13.1. The topological polar surface area (TPSA) is 51.2 Å². The summed E-state index contributed by atoms with van der Waals surface area (Å²) in [4.78, 5) is 15.7. The fourth-order valence-electron chi connectivity index (χ4n) is 1.79. The van der Waals surface area contributed by atoms with Crippen LogP contribution < -0.4 is 5.32 Å². The summed E-state index contributed by atoms with van der Waals surface area (Å²) < 4.78 is 44.6. The monoisotopic (exact) mass is 410 g/mol. The van der Waals surface area contributed by atoms with Gasteiger partial charge in [-0.05, 0) is 32.9 Å². The van der Waals surface area contributed by atoms with Gasteiger partial charge in [0.25, 0.3) is 0 Å². The Morgan fingerprint density at radius 2 is 2.00 bits per heavy atom. The van der Waals surface area contributed by atoms with Crippen LogP contribution in [0, 0.1) is 0 Å². The Morgan fingerprint density at radius 3 is 2.57 bits per heavy atom. The lowest BCUT2D eigenvalue weighted by atomic mass is 10.2. The van der Waals surface area contributed by atoms with Crippen LogP contribution in [0.1, 0.15) is 31.3 Å². The molecule has 0 aliphatic rings. The fraction of sp³-hybridized carbons (Fsp3) is 0.429. The Kier molecular flexibility index (Phi) is 4.91. The smallest absolute Gasteiger partial charge is 0.417 e. The standard InChI is InChI=1S/C14H14BrF3N2O2S/c1-13(2,3)22-12(21)19-6-10-20-9-5-7(15)4-8(11(9)23-10)14(16,17)18/h4-5H,6H2,1-3H3,(H,19,21). The molecule has 1 N–H and O–H groups in total. The first kappa shape index (κ1) is 18.0. The molecule has 23 heavy (non-hydrogen) atoms. The summed E-state index contributed by atoms with van der Waals surface area (Å²) >= 11 is 3.95. The minimum atomic E-state index is -4.47. The third-order valence-corrected chi connectivity index (χ3v) is 4.15. The van der Waals surface area contributed by atoms with Gasteiger partial charge >= 0.3 is 12.3 Å². The molecular weight excluding hydrogens is 397 g/mol. The molecular formula is C14H14BrF3N2O2S. The van der Waals surface area contributed by atoms with Gasteiger partial charge in [-0.15, -0.1) is 11.3 Å². The number of aromatic nitrogens is 1. The van der Waals surface area contributed by atoms with Crippen LogP contribution in [0.25, 0.3) is 10.2 Å². The van der Waals surface area contributed by atoms with E-state index in [1.54, 1.807) is 20.8 Å². The molecule has 0 atom stereocenters. The predicted molar refractivity (Wildman–Crippen MR) is 85.4 cm³/mol. The first-order chi connectivity index (χ1) is 10.5. The van der Waals surface area contributed by atoms with Crippen molar-refractivity contribution < 1.29 is 22.7 Å². The highest BCUT2D eigenvalue weighted by atomic mass is 79.9. The van der Waals surface area contributed by atoms with Crippen LogP contribution in [-0.4, -0.2) is 16.7 Å². The highest BCUT2D eigenvalue weighted by Crippen LogP contribution is 2.39. The third kappa shape index (κ3) is 4.81. The zero-order valence-electron chi connectivity index (χ0n) is 12.5. The van der Waals surface area contributed by atoms with Crippen molar-refractivity contribution in [3.8, 4) is 0 Å². The van der Waals surface area contributed by atoms with Gasteiger partial charge in [0, 0.05) is 4.47 Å². The number of carbonyl (C=O) groups excluding carboxylic acids is 1. The molecule has 1 aromatic carbocycles. The van der Waals surface area contributed by atoms with Crippen LogP contribution in [0.2, 0.25) is 0 Å². The fourth-order valence-corrected chi connectivity index (χ4v) is 3.26. The van der Waals surface area contributed by atoms with Gasteiger partial charge in [-0.1, -0.05) is 15.9 Å². The van der Waals surface area contributed by atoms with Gasteiger partial charge in [-0.25, -0.2) is 9.78 Å². The molecule has 0 aliphatic carbocycles. The molecule has 1 amide bonds. The van der Waals surface area contributed by atoms with E-state index in [9.17, 15) is 18.0 Å². The number of benzene rings is 1. The molecule has 0 saturated carbocycles. The van der Waals surface area contributed by atoms with Crippen LogP contribution >= 0.6 is 27.3 Å². The second-order valence-corrected chi connectivity index (χ2v) is 7.76. The average Bonchev–Trinajstić information content (AvgIpc) is 2.74. The molecule has 2 rings (SSSR count). The summed E-state index contributed by atoms with van der Waals surface area (Å²) in [6, 6.07) is 2.53. The average molecular weight is 411 g/mol. The number of fused-ring (bicyclic) bond motifs is 1. The zero-order valence-corrected chi connectivity index (χ0v) is 14.9.